The fourth-order valence-electron chi connectivity index (χ4n) is 3.82. The van der Waals surface area contributed by atoms with E-state index in [0.717, 1.165) is 31.4 Å². The number of nitrogens with zero attached hydrogens (tertiary/aromatic N) is 6. The summed E-state index contributed by atoms with van der Waals surface area (Å²) >= 11 is 0. The molecule has 2 N–H and O–H groups in total. The summed E-state index contributed by atoms with van der Waals surface area (Å²) in [6, 6.07) is 2.63. The van der Waals surface area contributed by atoms with Crippen LogP contribution in [0.3, 0.4) is 0 Å². The molecule has 3 aromatic rings. The van der Waals surface area contributed by atoms with E-state index in [9.17, 15) is 10.1 Å². The largest absolute Gasteiger partial charge is 0.472 e. The number of aromatic nitrogens is 5. The third kappa shape index (κ3) is 3.82. The Bertz CT molecular complexity index is 1190. The highest BCUT2D eigenvalue weighted by Crippen LogP contribution is 2.35. The van der Waals surface area contributed by atoms with Gasteiger partial charge in [-0.2, -0.15) is 20.3 Å². The minimum absolute atomic E-state index is 0.115. The number of rotatable bonds is 6. The standard InChI is InChI=1S/C21H22N8O2/c1-2-17(30)28-7-3-4-16(12-28)31-20-18-13(8-22)9-23-19(18)26-21(27-20)25-14-10-24-29(11-14)15-5-6-15/h2,9-11,15-16H,1,3-7,12H2,(H2,23,25,26,27)/t16-/m1/s1. The van der Waals surface area contributed by atoms with Crippen molar-refractivity contribution in [1.82, 2.24) is 29.6 Å². The van der Waals surface area contributed by atoms with Crippen LogP contribution in [0.25, 0.3) is 11.0 Å². The average molecular weight is 418 g/mol. The number of hydrogen-bond acceptors (Lipinski definition) is 7. The van der Waals surface area contributed by atoms with E-state index in [2.05, 4.69) is 38.0 Å². The molecular formula is C21H22N8O2. The Hall–Kier alpha value is -3.87. The molecule has 2 aliphatic rings. The highest BCUT2D eigenvalue weighted by Gasteiger charge is 2.27. The van der Waals surface area contributed by atoms with Crippen LogP contribution in [0.4, 0.5) is 11.6 Å². The monoisotopic (exact) mass is 418 g/mol. The molecule has 0 unspecified atom stereocenters. The lowest BCUT2D eigenvalue weighted by Gasteiger charge is -2.32. The van der Waals surface area contributed by atoms with Crippen molar-refractivity contribution in [1.29, 1.82) is 5.26 Å². The van der Waals surface area contributed by atoms with Gasteiger partial charge >= 0.3 is 0 Å². The van der Waals surface area contributed by atoms with Crippen molar-refractivity contribution in [3.05, 3.63) is 36.8 Å². The van der Waals surface area contributed by atoms with Crippen molar-refractivity contribution < 1.29 is 9.53 Å². The topological polar surface area (TPSA) is 125 Å². The predicted octanol–water partition coefficient (Wildman–Crippen LogP) is 2.66. The molecule has 1 amide bonds. The van der Waals surface area contributed by atoms with Crippen LogP contribution in [-0.2, 0) is 4.79 Å². The van der Waals surface area contributed by atoms with Gasteiger partial charge in [-0.3, -0.25) is 9.48 Å². The summed E-state index contributed by atoms with van der Waals surface area (Å²) in [5.74, 6) is 0.548. The molecule has 1 saturated carbocycles. The molecule has 158 valence electrons. The smallest absolute Gasteiger partial charge is 0.246 e. The maximum Gasteiger partial charge on any atom is 0.246 e. The van der Waals surface area contributed by atoms with Gasteiger partial charge in [0.15, 0.2) is 0 Å². The van der Waals surface area contributed by atoms with Gasteiger partial charge in [-0.25, -0.2) is 0 Å². The fourth-order valence-corrected chi connectivity index (χ4v) is 3.82. The summed E-state index contributed by atoms with van der Waals surface area (Å²) in [5, 5.41) is 17.6. The number of hydrogen-bond donors (Lipinski definition) is 2. The van der Waals surface area contributed by atoms with E-state index in [1.807, 2.05) is 10.9 Å². The van der Waals surface area contributed by atoms with Gasteiger partial charge in [0.25, 0.3) is 0 Å². The third-order valence-electron chi connectivity index (χ3n) is 5.54. The molecule has 2 fully saturated rings. The van der Waals surface area contributed by atoms with E-state index in [0.29, 0.717) is 47.6 Å². The number of likely N-dealkylation sites (tertiary alicyclic amines) is 1. The van der Waals surface area contributed by atoms with Gasteiger partial charge in [0.1, 0.15) is 17.8 Å². The Morgan fingerprint density at radius 2 is 2.26 bits per heavy atom. The molecule has 31 heavy (non-hydrogen) atoms. The van der Waals surface area contributed by atoms with Crippen LogP contribution in [0.1, 0.15) is 37.3 Å². The number of nitrogens with one attached hydrogen (secondary N) is 2. The average Bonchev–Trinajstić information content (AvgIpc) is 3.39. The molecule has 5 rings (SSSR count). The Kier molecular flexibility index (Phi) is 4.78. The summed E-state index contributed by atoms with van der Waals surface area (Å²) in [6.45, 7) is 4.68. The van der Waals surface area contributed by atoms with Crippen LogP contribution >= 0.6 is 0 Å². The number of fused-ring (bicyclic) bond motifs is 1. The zero-order valence-corrected chi connectivity index (χ0v) is 16.9. The molecule has 1 atom stereocenters. The van der Waals surface area contributed by atoms with E-state index >= 15 is 0 Å². The van der Waals surface area contributed by atoms with Crippen molar-refractivity contribution in [3.8, 4) is 11.9 Å². The molecule has 1 saturated heterocycles. The Labute approximate surface area is 178 Å². The van der Waals surface area contributed by atoms with Gasteiger partial charge in [-0.15, -0.1) is 0 Å². The maximum atomic E-state index is 12.0. The lowest BCUT2D eigenvalue weighted by atomic mass is 10.1. The zero-order valence-electron chi connectivity index (χ0n) is 16.9. The van der Waals surface area contributed by atoms with Crippen LogP contribution in [0.2, 0.25) is 0 Å². The first-order chi connectivity index (χ1) is 15.1. The van der Waals surface area contributed by atoms with Crippen LogP contribution in [0.15, 0.2) is 31.2 Å². The third-order valence-corrected chi connectivity index (χ3v) is 5.54. The molecule has 1 aliphatic carbocycles. The first kappa shape index (κ1) is 19.1. The molecule has 10 heteroatoms. The highest BCUT2D eigenvalue weighted by molar-refractivity contribution is 5.88. The summed E-state index contributed by atoms with van der Waals surface area (Å²) in [4.78, 5) is 25.8. The SMILES string of the molecule is C=CC(=O)N1CCC[C@@H](Oc2nc(Nc3cnn(C4CC4)c3)nc3[nH]cc(C#N)c23)C1. The molecule has 0 bridgehead atoms. The first-order valence-corrected chi connectivity index (χ1v) is 10.3. The normalized spacial score (nSPS) is 18.5. The fraction of sp³-hybridized carbons (Fsp3) is 0.381. The van der Waals surface area contributed by atoms with Gasteiger partial charge in [-0.05, 0) is 31.8 Å². The van der Waals surface area contributed by atoms with Crippen LogP contribution < -0.4 is 10.1 Å². The van der Waals surface area contributed by atoms with Crippen molar-refractivity contribution in [2.24, 2.45) is 0 Å². The van der Waals surface area contributed by atoms with Crippen LogP contribution in [0, 0.1) is 11.3 Å². The molecule has 0 aromatic carbocycles. The van der Waals surface area contributed by atoms with Crippen molar-refractivity contribution in [2.75, 3.05) is 18.4 Å². The van der Waals surface area contributed by atoms with E-state index in [1.165, 1.54) is 6.08 Å². The maximum absolute atomic E-state index is 12.0. The predicted molar refractivity (Wildman–Crippen MR) is 113 cm³/mol. The van der Waals surface area contributed by atoms with Gasteiger partial charge in [0.05, 0.1) is 35.4 Å². The molecule has 4 heterocycles. The second-order valence-corrected chi connectivity index (χ2v) is 7.83. The first-order valence-electron chi connectivity index (χ1n) is 10.3. The number of amides is 1. The number of carbonyl (C=O) groups is 1. The number of anilines is 2. The number of ether oxygens (including phenoxy) is 1. The van der Waals surface area contributed by atoms with Crippen molar-refractivity contribution >= 4 is 28.6 Å². The van der Waals surface area contributed by atoms with Gasteiger partial charge in [-0.1, -0.05) is 6.58 Å². The number of H-pyrrole nitrogens is 1. The quantitative estimate of drug-likeness (QED) is 0.590. The lowest BCUT2D eigenvalue weighted by Crippen LogP contribution is -2.43. The van der Waals surface area contributed by atoms with E-state index < -0.39 is 0 Å². The van der Waals surface area contributed by atoms with Crippen LogP contribution in [0.5, 0.6) is 5.88 Å². The minimum Gasteiger partial charge on any atom is -0.472 e. The van der Waals surface area contributed by atoms with E-state index in [4.69, 9.17) is 4.74 Å². The number of aromatic amines is 1. The number of carbonyl (C=O) groups excluding carboxylic acids is 1. The highest BCUT2D eigenvalue weighted by atomic mass is 16.5. The second kappa shape index (κ2) is 7.75. The molecule has 3 aromatic heterocycles. The minimum atomic E-state index is -0.234. The van der Waals surface area contributed by atoms with Gasteiger partial charge in [0, 0.05) is 18.9 Å². The number of nitriles is 1. The summed E-state index contributed by atoms with van der Waals surface area (Å²) in [5.41, 5.74) is 1.70. The Morgan fingerprint density at radius 3 is 3.03 bits per heavy atom. The summed E-state index contributed by atoms with van der Waals surface area (Å²) in [6.07, 6.45) is 10.2. The van der Waals surface area contributed by atoms with Crippen molar-refractivity contribution in [2.45, 2.75) is 37.8 Å². The van der Waals surface area contributed by atoms with Crippen molar-refractivity contribution in [3.63, 3.8) is 0 Å². The molecule has 0 radical (unpaired) electrons. The molecular weight excluding hydrogens is 396 g/mol. The van der Waals surface area contributed by atoms with Gasteiger partial charge < -0.3 is 19.9 Å². The van der Waals surface area contributed by atoms with E-state index in [-0.39, 0.29) is 12.0 Å². The van der Waals surface area contributed by atoms with Gasteiger partial charge in [0.2, 0.25) is 17.7 Å². The molecule has 1 aliphatic heterocycles. The summed E-state index contributed by atoms with van der Waals surface area (Å²) in [7, 11) is 0. The lowest BCUT2D eigenvalue weighted by molar-refractivity contribution is -0.128. The van der Waals surface area contributed by atoms with E-state index in [1.54, 1.807) is 17.3 Å². The van der Waals surface area contributed by atoms with Crippen LogP contribution in [-0.4, -0.2) is 54.7 Å². The molecule has 0 spiro atoms. The summed E-state index contributed by atoms with van der Waals surface area (Å²) < 4.78 is 8.15. The second-order valence-electron chi connectivity index (χ2n) is 7.83. The Morgan fingerprint density at radius 1 is 1.39 bits per heavy atom. The Balaban J connectivity index is 1.43. The molecule has 10 nitrogen and oxygen atoms in total. The zero-order chi connectivity index (χ0) is 21.4. The number of piperidine rings is 1.